The van der Waals surface area contributed by atoms with Crippen LogP contribution >= 0.6 is 0 Å². The fourth-order valence-corrected chi connectivity index (χ4v) is 2.20. The minimum atomic E-state index is 0.586. The number of ether oxygens (including phenoxy) is 1. The van der Waals surface area contributed by atoms with Gasteiger partial charge in [0.05, 0.1) is 19.0 Å². The highest BCUT2D eigenvalue weighted by Gasteiger charge is 2.14. The highest BCUT2D eigenvalue weighted by atomic mass is 16.5. The number of anilines is 1. The molecule has 1 aromatic carbocycles. The van der Waals surface area contributed by atoms with E-state index in [1.54, 1.807) is 24.2 Å². The van der Waals surface area contributed by atoms with Gasteiger partial charge in [-0.25, -0.2) is 9.67 Å². The Morgan fingerprint density at radius 2 is 2.00 bits per heavy atom. The molecule has 5 nitrogen and oxygen atoms in total. The van der Waals surface area contributed by atoms with Crippen molar-refractivity contribution in [2.75, 3.05) is 12.8 Å². The smallest absolute Gasteiger partial charge is 0.153 e. The standard InChI is InChI=1S/C16H16N4O/c1-11-7-8-18-15(9-11)20-10-13(17)16(19-20)12-5-3-4-6-14(12)21-2/h3-10H,17H2,1-2H3. The molecule has 2 N–H and O–H groups in total. The van der Waals surface area contributed by atoms with Crippen molar-refractivity contribution in [1.29, 1.82) is 0 Å². The van der Waals surface area contributed by atoms with E-state index in [0.29, 0.717) is 11.4 Å². The van der Waals surface area contributed by atoms with Crippen LogP contribution in [0, 0.1) is 6.92 Å². The number of rotatable bonds is 3. The van der Waals surface area contributed by atoms with E-state index >= 15 is 0 Å². The number of benzene rings is 1. The number of hydrogen-bond acceptors (Lipinski definition) is 4. The molecule has 3 aromatic rings. The summed E-state index contributed by atoms with van der Waals surface area (Å²) in [4.78, 5) is 4.31. The molecule has 0 saturated carbocycles. The highest BCUT2D eigenvalue weighted by Crippen LogP contribution is 2.32. The predicted molar refractivity (Wildman–Crippen MR) is 82.5 cm³/mol. The van der Waals surface area contributed by atoms with Gasteiger partial charge in [0.1, 0.15) is 11.4 Å². The Morgan fingerprint density at radius 1 is 1.19 bits per heavy atom. The molecule has 5 heteroatoms. The molecular formula is C16H16N4O. The van der Waals surface area contributed by atoms with E-state index in [4.69, 9.17) is 10.5 Å². The number of hydrogen-bond donors (Lipinski definition) is 1. The molecular weight excluding hydrogens is 264 g/mol. The van der Waals surface area contributed by atoms with Crippen LogP contribution in [0.2, 0.25) is 0 Å². The summed E-state index contributed by atoms with van der Waals surface area (Å²) < 4.78 is 7.05. The summed E-state index contributed by atoms with van der Waals surface area (Å²) in [5, 5.41) is 4.55. The van der Waals surface area contributed by atoms with E-state index < -0.39 is 0 Å². The second kappa shape index (κ2) is 5.28. The first-order valence-electron chi connectivity index (χ1n) is 6.60. The van der Waals surface area contributed by atoms with Crippen molar-refractivity contribution in [3.8, 4) is 22.8 Å². The Kier molecular flexibility index (Phi) is 3.31. The monoisotopic (exact) mass is 280 g/mol. The van der Waals surface area contributed by atoms with E-state index in [2.05, 4.69) is 10.1 Å². The summed E-state index contributed by atoms with van der Waals surface area (Å²) in [6.07, 6.45) is 3.52. The third-order valence-electron chi connectivity index (χ3n) is 3.24. The number of nitrogens with two attached hydrogens (primary N) is 1. The van der Waals surface area contributed by atoms with Crippen LogP contribution in [0.25, 0.3) is 17.1 Å². The van der Waals surface area contributed by atoms with Crippen LogP contribution in [-0.2, 0) is 0 Å². The van der Waals surface area contributed by atoms with E-state index in [-0.39, 0.29) is 0 Å². The second-order valence-electron chi connectivity index (χ2n) is 4.77. The summed E-state index contributed by atoms with van der Waals surface area (Å²) in [5.74, 6) is 1.48. The van der Waals surface area contributed by atoms with Crippen molar-refractivity contribution < 1.29 is 4.74 Å². The second-order valence-corrected chi connectivity index (χ2v) is 4.77. The van der Waals surface area contributed by atoms with Crippen LogP contribution in [-0.4, -0.2) is 21.9 Å². The van der Waals surface area contributed by atoms with Gasteiger partial charge in [0.25, 0.3) is 0 Å². The topological polar surface area (TPSA) is 66.0 Å². The molecule has 0 unspecified atom stereocenters. The molecule has 0 saturated heterocycles. The minimum Gasteiger partial charge on any atom is -0.496 e. The maximum atomic E-state index is 6.11. The van der Waals surface area contributed by atoms with E-state index in [9.17, 15) is 0 Å². The van der Waals surface area contributed by atoms with Crippen molar-refractivity contribution in [2.24, 2.45) is 0 Å². The Bertz CT molecular complexity index is 779. The van der Waals surface area contributed by atoms with Gasteiger partial charge in [-0.3, -0.25) is 0 Å². The molecule has 0 aliphatic carbocycles. The molecule has 2 heterocycles. The predicted octanol–water partition coefficient (Wildman–Crippen LogP) is 2.83. The van der Waals surface area contributed by atoms with Crippen LogP contribution < -0.4 is 10.5 Å². The van der Waals surface area contributed by atoms with Crippen LogP contribution in [0.1, 0.15) is 5.56 Å². The molecule has 0 spiro atoms. The molecule has 0 bridgehead atoms. The SMILES string of the molecule is COc1ccccc1-c1nn(-c2cc(C)ccn2)cc1N. The number of methoxy groups -OCH3 is 1. The largest absolute Gasteiger partial charge is 0.496 e. The van der Waals surface area contributed by atoms with Gasteiger partial charge in [-0.15, -0.1) is 0 Å². The van der Waals surface area contributed by atoms with Gasteiger partial charge in [0.2, 0.25) is 0 Å². The zero-order chi connectivity index (χ0) is 14.8. The first-order valence-corrected chi connectivity index (χ1v) is 6.60. The van der Waals surface area contributed by atoms with Crippen molar-refractivity contribution in [3.63, 3.8) is 0 Å². The summed E-state index contributed by atoms with van der Waals surface area (Å²) in [7, 11) is 1.63. The zero-order valence-electron chi connectivity index (χ0n) is 11.9. The number of aryl methyl sites for hydroxylation is 1. The molecule has 0 aliphatic heterocycles. The summed E-state index contributed by atoms with van der Waals surface area (Å²) >= 11 is 0. The molecule has 2 aromatic heterocycles. The third kappa shape index (κ3) is 2.45. The fraction of sp³-hybridized carbons (Fsp3) is 0.125. The first-order chi connectivity index (χ1) is 10.2. The number of pyridine rings is 1. The average Bonchev–Trinajstić information content (AvgIpc) is 2.89. The minimum absolute atomic E-state index is 0.586. The third-order valence-corrected chi connectivity index (χ3v) is 3.24. The zero-order valence-corrected chi connectivity index (χ0v) is 11.9. The van der Waals surface area contributed by atoms with E-state index in [0.717, 1.165) is 22.7 Å². The van der Waals surface area contributed by atoms with Crippen LogP contribution in [0.3, 0.4) is 0 Å². The average molecular weight is 280 g/mol. The number of nitrogens with zero attached hydrogens (tertiary/aromatic N) is 3. The van der Waals surface area contributed by atoms with Gasteiger partial charge in [0.15, 0.2) is 5.82 Å². The molecule has 3 rings (SSSR count). The molecule has 0 radical (unpaired) electrons. The molecule has 0 aliphatic rings. The van der Waals surface area contributed by atoms with Gasteiger partial charge in [0, 0.05) is 11.8 Å². The van der Waals surface area contributed by atoms with Gasteiger partial charge in [-0.2, -0.15) is 5.10 Å². The quantitative estimate of drug-likeness (QED) is 0.801. The van der Waals surface area contributed by atoms with Crippen LogP contribution in [0.15, 0.2) is 48.8 Å². The van der Waals surface area contributed by atoms with Gasteiger partial charge < -0.3 is 10.5 Å². The fourth-order valence-electron chi connectivity index (χ4n) is 2.20. The normalized spacial score (nSPS) is 10.6. The van der Waals surface area contributed by atoms with E-state index in [1.807, 2.05) is 43.3 Å². The lowest BCUT2D eigenvalue weighted by Crippen LogP contribution is -1.98. The van der Waals surface area contributed by atoms with Gasteiger partial charge in [-0.05, 0) is 36.8 Å². The maximum Gasteiger partial charge on any atom is 0.153 e. The lowest BCUT2D eigenvalue weighted by Gasteiger charge is -2.06. The Balaban J connectivity index is 2.10. The maximum absolute atomic E-state index is 6.11. The van der Waals surface area contributed by atoms with E-state index in [1.165, 1.54) is 0 Å². The molecule has 0 amide bonds. The summed E-state index contributed by atoms with van der Waals surface area (Å²) in [5.41, 5.74) is 9.37. The number of nitrogen functional groups attached to an aromatic ring is 1. The molecule has 106 valence electrons. The highest BCUT2D eigenvalue weighted by molar-refractivity contribution is 5.77. The Hall–Kier alpha value is -2.82. The summed E-state index contributed by atoms with van der Waals surface area (Å²) in [6.45, 7) is 2.01. The van der Waals surface area contributed by atoms with Crippen molar-refractivity contribution in [1.82, 2.24) is 14.8 Å². The van der Waals surface area contributed by atoms with Crippen molar-refractivity contribution in [2.45, 2.75) is 6.92 Å². The lowest BCUT2D eigenvalue weighted by molar-refractivity contribution is 0.416. The van der Waals surface area contributed by atoms with Crippen LogP contribution in [0.4, 0.5) is 5.69 Å². The van der Waals surface area contributed by atoms with Crippen molar-refractivity contribution in [3.05, 3.63) is 54.4 Å². The first kappa shape index (κ1) is 13.2. The lowest BCUT2D eigenvalue weighted by atomic mass is 10.1. The number of aromatic nitrogens is 3. The van der Waals surface area contributed by atoms with Crippen LogP contribution in [0.5, 0.6) is 5.75 Å². The molecule has 21 heavy (non-hydrogen) atoms. The molecule has 0 fully saturated rings. The Morgan fingerprint density at radius 3 is 2.76 bits per heavy atom. The van der Waals surface area contributed by atoms with Crippen molar-refractivity contribution >= 4 is 5.69 Å². The number of para-hydroxylation sites is 1. The van der Waals surface area contributed by atoms with Gasteiger partial charge >= 0.3 is 0 Å². The van der Waals surface area contributed by atoms with Gasteiger partial charge in [-0.1, -0.05) is 12.1 Å². The Labute approximate surface area is 123 Å². The summed E-state index contributed by atoms with van der Waals surface area (Å²) in [6, 6.07) is 11.6. The molecule has 0 atom stereocenters.